The summed E-state index contributed by atoms with van der Waals surface area (Å²) in [5.74, 6) is -0.411. The molecule has 0 aromatic heterocycles. The van der Waals surface area contributed by atoms with Crippen molar-refractivity contribution in [1.82, 2.24) is 14.1 Å². The van der Waals surface area contributed by atoms with Gasteiger partial charge in [0.05, 0.1) is 18.0 Å². The fourth-order valence-corrected chi connectivity index (χ4v) is 8.11. The molecule has 8 nitrogen and oxygen atoms in total. The van der Waals surface area contributed by atoms with Crippen LogP contribution in [0.2, 0.25) is 5.02 Å². The van der Waals surface area contributed by atoms with Gasteiger partial charge in [0.1, 0.15) is 6.61 Å². The van der Waals surface area contributed by atoms with Crippen LogP contribution in [0.15, 0.2) is 71.6 Å². The number of fused-ring (bicyclic) bond motifs is 2. The Kier molecular flexibility index (Phi) is 7.86. The molecule has 3 aromatic carbocycles. The van der Waals surface area contributed by atoms with Crippen molar-refractivity contribution in [3.8, 4) is 0 Å². The zero-order valence-electron chi connectivity index (χ0n) is 23.3. The van der Waals surface area contributed by atoms with E-state index < -0.39 is 21.7 Å². The second-order valence-corrected chi connectivity index (χ2v) is 14.1. The molecule has 0 amide bonds. The monoisotopic (exact) mass is 597 g/mol. The van der Waals surface area contributed by atoms with E-state index >= 15 is 0 Å². The second kappa shape index (κ2) is 11.3. The van der Waals surface area contributed by atoms with Crippen molar-refractivity contribution in [3.05, 3.63) is 77.3 Å². The average Bonchev–Trinajstić information content (AvgIpc) is 2.97. The second-order valence-electron chi connectivity index (χ2n) is 11.7. The van der Waals surface area contributed by atoms with Crippen LogP contribution < -0.4 is 0 Å². The van der Waals surface area contributed by atoms with Gasteiger partial charge >= 0.3 is 5.97 Å². The van der Waals surface area contributed by atoms with Crippen LogP contribution in [-0.4, -0.2) is 86.7 Å². The SMILES string of the molecule is CC(=O)OCC12CN(S(=O)(=O)c3ccc4cc(Cl)ccc4c3)CCN1CC1(CCN(Cc3ccccc3)CC1)CO2. The summed E-state index contributed by atoms with van der Waals surface area (Å²) in [4.78, 5) is 16.8. The molecule has 3 heterocycles. The smallest absolute Gasteiger partial charge is 0.302 e. The van der Waals surface area contributed by atoms with Gasteiger partial charge in [0.15, 0.2) is 5.72 Å². The van der Waals surface area contributed by atoms with Gasteiger partial charge in [0.2, 0.25) is 10.0 Å². The highest BCUT2D eigenvalue weighted by Crippen LogP contribution is 2.42. The van der Waals surface area contributed by atoms with Crippen molar-refractivity contribution in [3.63, 3.8) is 0 Å². The van der Waals surface area contributed by atoms with Gasteiger partial charge in [-0.05, 0) is 66.5 Å². The Morgan fingerprint density at radius 3 is 2.44 bits per heavy atom. The number of esters is 1. The van der Waals surface area contributed by atoms with E-state index in [-0.39, 0.29) is 23.5 Å². The number of benzene rings is 3. The zero-order valence-corrected chi connectivity index (χ0v) is 24.9. The maximum absolute atomic E-state index is 13.8. The Morgan fingerprint density at radius 1 is 0.951 bits per heavy atom. The van der Waals surface area contributed by atoms with E-state index in [0.717, 1.165) is 49.8 Å². The van der Waals surface area contributed by atoms with Gasteiger partial charge in [-0.3, -0.25) is 14.6 Å². The average molecular weight is 598 g/mol. The molecule has 1 spiro atoms. The summed E-state index contributed by atoms with van der Waals surface area (Å²) in [6, 6.07) is 21.0. The third-order valence-corrected chi connectivity index (χ3v) is 10.9. The van der Waals surface area contributed by atoms with Crippen molar-refractivity contribution < 1.29 is 22.7 Å². The standard InChI is InChI=1S/C31H36ClN3O5S/c1-24(36)39-23-31-21-35(41(37,38)29-10-8-26-17-28(32)9-7-27(26)18-29)16-15-34(31)20-30(22-40-31)11-13-33(14-12-30)19-25-5-3-2-4-6-25/h2-10,17-18H,11-16,19-23H2,1H3. The maximum Gasteiger partial charge on any atom is 0.302 e. The van der Waals surface area contributed by atoms with Crippen LogP contribution >= 0.6 is 11.6 Å². The van der Waals surface area contributed by atoms with Crippen LogP contribution in [-0.2, 0) is 30.8 Å². The molecular weight excluding hydrogens is 562 g/mol. The van der Waals surface area contributed by atoms with Crippen LogP contribution in [0.5, 0.6) is 0 Å². The molecule has 0 N–H and O–H groups in total. The lowest BCUT2D eigenvalue weighted by Crippen LogP contribution is -2.72. The maximum atomic E-state index is 13.8. The Labute approximate surface area is 246 Å². The molecule has 0 aliphatic carbocycles. The highest BCUT2D eigenvalue weighted by atomic mass is 35.5. The van der Waals surface area contributed by atoms with E-state index in [9.17, 15) is 13.2 Å². The number of piperazine rings is 1. The minimum Gasteiger partial charge on any atom is -0.461 e. The number of carbonyl (C=O) groups excluding carboxylic acids is 1. The number of ether oxygens (including phenoxy) is 2. The molecule has 10 heteroatoms. The molecule has 6 rings (SSSR count). The molecule has 41 heavy (non-hydrogen) atoms. The number of sulfonamides is 1. The molecule has 1 unspecified atom stereocenters. The molecule has 3 aliphatic heterocycles. The number of rotatable bonds is 6. The number of halogens is 1. The van der Waals surface area contributed by atoms with Crippen LogP contribution in [0.3, 0.4) is 0 Å². The Bertz CT molecular complexity index is 1530. The van der Waals surface area contributed by atoms with Crippen LogP contribution in [0.25, 0.3) is 10.8 Å². The molecule has 3 saturated heterocycles. The molecule has 0 radical (unpaired) electrons. The lowest BCUT2D eigenvalue weighted by molar-refractivity contribution is -0.265. The molecule has 3 fully saturated rings. The van der Waals surface area contributed by atoms with Gasteiger partial charge < -0.3 is 9.47 Å². The topological polar surface area (TPSA) is 79.4 Å². The minimum atomic E-state index is -3.81. The summed E-state index contributed by atoms with van der Waals surface area (Å²) in [7, 11) is -3.81. The molecule has 0 saturated carbocycles. The first-order valence-electron chi connectivity index (χ1n) is 14.1. The lowest BCUT2D eigenvalue weighted by atomic mass is 9.76. The van der Waals surface area contributed by atoms with Gasteiger partial charge in [-0.2, -0.15) is 4.31 Å². The summed E-state index contributed by atoms with van der Waals surface area (Å²) in [6.45, 7) is 6.48. The number of hydrogen-bond acceptors (Lipinski definition) is 7. The van der Waals surface area contributed by atoms with E-state index in [1.165, 1.54) is 16.8 Å². The summed E-state index contributed by atoms with van der Waals surface area (Å²) >= 11 is 6.11. The normalized spacial score (nSPS) is 23.9. The van der Waals surface area contributed by atoms with Crippen LogP contribution in [0.4, 0.5) is 0 Å². The van der Waals surface area contributed by atoms with Gasteiger partial charge in [0, 0.05) is 43.5 Å². The lowest BCUT2D eigenvalue weighted by Gasteiger charge is -2.58. The Morgan fingerprint density at radius 2 is 1.68 bits per heavy atom. The first-order valence-corrected chi connectivity index (χ1v) is 16.0. The number of likely N-dealkylation sites (tertiary alicyclic amines) is 1. The summed E-state index contributed by atoms with van der Waals surface area (Å²) in [5, 5.41) is 2.28. The summed E-state index contributed by atoms with van der Waals surface area (Å²) < 4.78 is 41.3. The first kappa shape index (κ1) is 28.6. The highest BCUT2D eigenvalue weighted by molar-refractivity contribution is 7.89. The molecule has 3 aromatic rings. The largest absolute Gasteiger partial charge is 0.461 e. The summed E-state index contributed by atoms with van der Waals surface area (Å²) in [6.07, 6.45) is 2.01. The van der Waals surface area contributed by atoms with E-state index in [4.69, 9.17) is 21.1 Å². The van der Waals surface area contributed by atoms with Crippen molar-refractivity contribution >= 4 is 38.4 Å². The van der Waals surface area contributed by atoms with Crippen LogP contribution in [0, 0.1) is 5.41 Å². The molecule has 218 valence electrons. The van der Waals surface area contributed by atoms with Crippen molar-refractivity contribution in [1.29, 1.82) is 0 Å². The van der Waals surface area contributed by atoms with Gasteiger partial charge in [-0.25, -0.2) is 8.42 Å². The van der Waals surface area contributed by atoms with Gasteiger partial charge in [0.25, 0.3) is 0 Å². The van der Waals surface area contributed by atoms with Crippen LogP contribution in [0.1, 0.15) is 25.3 Å². The quantitative estimate of drug-likeness (QED) is 0.390. The zero-order chi connectivity index (χ0) is 28.7. The molecule has 1 atom stereocenters. The molecular formula is C31H36ClN3O5S. The number of hydrogen-bond donors (Lipinski definition) is 0. The molecule has 0 bridgehead atoms. The minimum absolute atomic E-state index is 0.00637. The predicted molar refractivity (Wildman–Crippen MR) is 158 cm³/mol. The van der Waals surface area contributed by atoms with E-state index in [0.29, 0.717) is 24.7 Å². The Hall–Kier alpha value is -2.53. The van der Waals surface area contributed by atoms with Gasteiger partial charge in [-0.15, -0.1) is 0 Å². The summed E-state index contributed by atoms with van der Waals surface area (Å²) in [5.41, 5.74) is 0.290. The third-order valence-electron chi connectivity index (χ3n) is 8.87. The van der Waals surface area contributed by atoms with E-state index in [2.05, 4.69) is 34.1 Å². The fourth-order valence-electron chi connectivity index (χ4n) is 6.42. The number of piperidine rings is 1. The van der Waals surface area contributed by atoms with E-state index in [1.807, 2.05) is 18.2 Å². The predicted octanol–water partition coefficient (Wildman–Crippen LogP) is 4.37. The third kappa shape index (κ3) is 5.89. The van der Waals surface area contributed by atoms with Crippen molar-refractivity contribution in [2.75, 3.05) is 52.5 Å². The highest BCUT2D eigenvalue weighted by Gasteiger charge is 2.54. The Balaban J connectivity index is 1.18. The van der Waals surface area contributed by atoms with Crippen molar-refractivity contribution in [2.24, 2.45) is 5.41 Å². The molecule has 3 aliphatic rings. The number of nitrogens with zero attached hydrogens (tertiary/aromatic N) is 3. The van der Waals surface area contributed by atoms with E-state index in [1.54, 1.807) is 24.3 Å². The fraction of sp³-hybridized carbons (Fsp3) is 0.452. The van der Waals surface area contributed by atoms with Gasteiger partial charge in [-0.1, -0.05) is 54.1 Å². The first-order chi connectivity index (χ1) is 19.7. The van der Waals surface area contributed by atoms with Crippen molar-refractivity contribution in [2.45, 2.75) is 36.9 Å². The number of carbonyl (C=O) groups is 1.